The van der Waals surface area contributed by atoms with E-state index in [-0.39, 0.29) is 47.7 Å². The molecule has 1 aliphatic rings. The van der Waals surface area contributed by atoms with Crippen LogP contribution in [0.5, 0.6) is 23.0 Å². The molecule has 1 aliphatic heterocycles. The first-order valence-electron chi connectivity index (χ1n) is 11.8. The zero-order chi connectivity index (χ0) is 27.4. The highest BCUT2D eigenvalue weighted by Gasteiger charge is 2.38. The van der Waals surface area contributed by atoms with Gasteiger partial charge in [0.1, 0.15) is 35.4 Å². The van der Waals surface area contributed by atoms with Crippen molar-refractivity contribution in [2.75, 3.05) is 13.7 Å². The lowest BCUT2D eigenvalue weighted by molar-refractivity contribution is -0.273. The molecule has 1 fully saturated rings. The maximum Gasteiger partial charge on any atom is 0.343 e. The highest BCUT2D eigenvalue weighted by atomic mass is 16.7. The highest BCUT2D eigenvalue weighted by Crippen LogP contribution is 2.42. The Morgan fingerprint density at radius 1 is 1.14 bits per heavy atom. The van der Waals surface area contributed by atoms with Gasteiger partial charge in [-0.05, 0) is 49.1 Å². The summed E-state index contributed by atoms with van der Waals surface area (Å²) in [5, 5.41) is 60.9. The van der Waals surface area contributed by atoms with Crippen molar-refractivity contribution in [2.45, 2.75) is 64.5 Å². The Kier molecular flexibility index (Phi) is 9.35. The lowest BCUT2D eigenvalue weighted by atomic mass is 9.96. The quantitative estimate of drug-likeness (QED) is 0.270. The number of rotatable bonds is 10. The minimum atomic E-state index is -1.51. The number of methoxy groups -OCH3 is 1. The van der Waals surface area contributed by atoms with E-state index in [1.165, 1.54) is 25.3 Å². The third-order valence-electron chi connectivity index (χ3n) is 5.98. The van der Waals surface area contributed by atoms with Gasteiger partial charge >= 0.3 is 5.97 Å². The van der Waals surface area contributed by atoms with Crippen LogP contribution >= 0.6 is 0 Å². The molecule has 1 unspecified atom stereocenters. The number of carbonyl (C=O) groups is 1. The summed E-state index contributed by atoms with van der Waals surface area (Å²) in [7, 11) is 1.29. The second kappa shape index (κ2) is 12.1. The maximum atomic E-state index is 12.2. The van der Waals surface area contributed by atoms with Crippen LogP contribution in [0.2, 0.25) is 0 Å². The lowest BCUT2D eigenvalue weighted by Crippen LogP contribution is -2.53. The smallest absolute Gasteiger partial charge is 0.343 e. The van der Waals surface area contributed by atoms with Gasteiger partial charge in [-0.1, -0.05) is 13.8 Å². The zero-order valence-corrected chi connectivity index (χ0v) is 21.1. The number of phenolic OH excluding ortho intramolecular Hbond substituents is 1. The van der Waals surface area contributed by atoms with Crippen molar-refractivity contribution in [2.24, 2.45) is 5.92 Å². The number of aryl methyl sites for hydroxylation is 1. The van der Waals surface area contributed by atoms with Crippen molar-refractivity contribution in [1.82, 2.24) is 0 Å². The number of phenols is 1. The van der Waals surface area contributed by atoms with Crippen LogP contribution in [0.3, 0.4) is 0 Å². The van der Waals surface area contributed by atoms with Gasteiger partial charge in [-0.2, -0.15) is 0 Å². The van der Waals surface area contributed by atoms with Crippen LogP contribution in [-0.2, 0) is 16.1 Å². The summed E-state index contributed by atoms with van der Waals surface area (Å²) < 4.78 is 22.1. The van der Waals surface area contributed by atoms with E-state index in [1.807, 2.05) is 13.8 Å². The SMILES string of the molecule is COc1c(C(O)CC(C)C)ccc(Oc2c(O)cc(C)cc2CO[C@@H]2OC[C@@H](O)[C@H](O)[C@H]2O)c1C(=O)O. The van der Waals surface area contributed by atoms with Gasteiger partial charge in [-0.3, -0.25) is 0 Å². The largest absolute Gasteiger partial charge is 0.504 e. The van der Waals surface area contributed by atoms with Crippen molar-refractivity contribution in [1.29, 1.82) is 0 Å². The van der Waals surface area contributed by atoms with E-state index < -0.39 is 36.7 Å². The van der Waals surface area contributed by atoms with Crippen LogP contribution < -0.4 is 9.47 Å². The normalized spacial score (nSPS) is 22.6. The molecule has 5 atom stereocenters. The van der Waals surface area contributed by atoms with Gasteiger partial charge < -0.3 is 49.6 Å². The van der Waals surface area contributed by atoms with Gasteiger partial charge in [0.25, 0.3) is 0 Å². The number of ether oxygens (including phenoxy) is 4. The van der Waals surface area contributed by atoms with Crippen LogP contribution in [0.25, 0.3) is 0 Å². The van der Waals surface area contributed by atoms with Gasteiger partial charge in [-0.25, -0.2) is 4.79 Å². The Hall–Kier alpha value is -2.93. The summed E-state index contributed by atoms with van der Waals surface area (Å²) in [6, 6.07) is 5.94. The zero-order valence-electron chi connectivity index (χ0n) is 21.1. The van der Waals surface area contributed by atoms with Crippen molar-refractivity contribution < 1.29 is 54.4 Å². The van der Waals surface area contributed by atoms with E-state index in [0.717, 1.165) is 0 Å². The second-order valence-electron chi connectivity index (χ2n) is 9.45. The molecule has 0 aliphatic carbocycles. The second-order valence-corrected chi connectivity index (χ2v) is 9.45. The fourth-order valence-electron chi connectivity index (χ4n) is 4.18. The summed E-state index contributed by atoms with van der Waals surface area (Å²) in [4.78, 5) is 12.2. The molecule has 0 amide bonds. The molecular formula is C26H34O11. The molecule has 1 heterocycles. The molecule has 1 saturated heterocycles. The molecule has 3 rings (SSSR count). The van der Waals surface area contributed by atoms with E-state index in [9.17, 15) is 35.4 Å². The van der Waals surface area contributed by atoms with Crippen LogP contribution in [0, 0.1) is 12.8 Å². The third kappa shape index (κ3) is 6.50. The van der Waals surface area contributed by atoms with Gasteiger partial charge in [0.05, 0.1) is 26.4 Å². The number of aromatic hydroxyl groups is 1. The van der Waals surface area contributed by atoms with E-state index >= 15 is 0 Å². The molecule has 11 heteroatoms. The van der Waals surface area contributed by atoms with Gasteiger partial charge in [-0.15, -0.1) is 0 Å². The van der Waals surface area contributed by atoms with Crippen LogP contribution in [-0.4, -0.2) is 74.9 Å². The van der Waals surface area contributed by atoms with Crippen LogP contribution in [0.15, 0.2) is 24.3 Å². The minimum Gasteiger partial charge on any atom is -0.504 e. The first kappa shape index (κ1) is 28.6. The van der Waals surface area contributed by atoms with Crippen molar-refractivity contribution in [3.8, 4) is 23.0 Å². The molecule has 0 saturated carbocycles. The molecule has 37 heavy (non-hydrogen) atoms. The number of carboxylic acid groups (broad SMARTS) is 1. The minimum absolute atomic E-state index is 0.0613. The van der Waals surface area contributed by atoms with Crippen LogP contribution in [0.4, 0.5) is 0 Å². The van der Waals surface area contributed by atoms with Gasteiger partial charge in [0.2, 0.25) is 0 Å². The predicted octanol–water partition coefficient (Wildman–Crippen LogP) is 2.23. The predicted molar refractivity (Wildman–Crippen MR) is 130 cm³/mol. The van der Waals surface area contributed by atoms with E-state index in [2.05, 4.69) is 0 Å². The highest BCUT2D eigenvalue weighted by molar-refractivity contribution is 5.95. The first-order valence-corrected chi connectivity index (χ1v) is 11.8. The summed E-state index contributed by atoms with van der Waals surface area (Å²) >= 11 is 0. The summed E-state index contributed by atoms with van der Waals surface area (Å²) in [5.74, 6) is -1.81. The van der Waals surface area contributed by atoms with Crippen molar-refractivity contribution in [3.05, 3.63) is 46.5 Å². The van der Waals surface area contributed by atoms with Gasteiger partial charge in [0.15, 0.2) is 17.8 Å². The average Bonchev–Trinajstić information content (AvgIpc) is 2.82. The Labute approximate surface area is 214 Å². The van der Waals surface area contributed by atoms with Gasteiger partial charge in [0, 0.05) is 11.1 Å². The van der Waals surface area contributed by atoms with Crippen LogP contribution in [0.1, 0.15) is 53.4 Å². The first-order chi connectivity index (χ1) is 17.4. The molecule has 2 aromatic carbocycles. The fraction of sp³-hybridized carbons (Fsp3) is 0.500. The topological polar surface area (TPSA) is 175 Å². The number of aliphatic hydroxyl groups is 4. The Morgan fingerprint density at radius 3 is 2.46 bits per heavy atom. The molecule has 6 N–H and O–H groups in total. The van der Waals surface area contributed by atoms with Crippen molar-refractivity contribution >= 4 is 5.97 Å². The molecule has 204 valence electrons. The standard InChI is InChI=1S/C26H34O11/c1-12(2)7-16(27)15-5-6-19(20(25(32)33)24(15)34-4)37-23-14(8-13(3)9-17(23)28)10-35-26-22(31)21(30)18(29)11-36-26/h5-6,8-9,12,16,18,21-22,26-31H,7,10-11H2,1-4H3,(H,32,33)/t16?,18-,21+,22-,26-/m1/s1. The number of carboxylic acids is 1. The van der Waals surface area contributed by atoms with E-state index in [4.69, 9.17) is 18.9 Å². The molecule has 2 aromatic rings. The average molecular weight is 523 g/mol. The number of hydrogen-bond donors (Lipinski definition) is 6. The molecule has 0 radical (unpaired) electrons. The number of aliphatic hydroxyl groups excluding tert-OH is 4. The molecular weight excluding hydrogens is 488 g/mol. The Bertz CT molecular complexity index is 1100. The summed E-state index contributed by atoms with van der Waals surface area (Å²) in [5.41, 5.74) is 0.903. The van der Waals surface area contributed by atoms with E-state index in [1.54, 1.807) is 13.0 Å². The summed E-state index contributed by atoms with van der Waals surface area (Å²) in [6.45, 7) is 5.07. The molecule has 0 aromatic heterocycles. The lowest BCUT2D eigenvalue weighted by Gasteiger charge is -2.34. The summed E-state index contributed by atoms with van der Waals surface area (Å²) in [6.07, 6.45) is -6.07. The van der Waals surface area contributed by atoms with E-state index in [0.29, 0.717) is 23.1 Å². The monoisotopic (exact) mass is 522 g/mol. The number of hydrogen-bond acceptors (Lipinski definition) is 10. The molecule has 0 spiro atoms. The maximum absolute atomic E-state index is 12.2. The van der Waals surface area contributed by atoms with Crippen molar-refractivity contribution in [3.63, 3.8) is 0 Å². The third-order valence-corrected chi connectivity index (χ3v) is 5.98. The number of benzene rings is 2. The fourth-order valence-corrected chi connectivity index (χ4v) is 4.18. The Morgan fingerprint density at radius 2 is 1.84 bits per heavy atom. The number of aromatic carboxylic acids is 1. The molecule has 0 bridgehead atoms. The molecule has 11 nitrogen and oxygen atoms in total. The Balaban J connectivity index is 1.96.